The lowest BCUT2D eigenvalue weighted by Crippen LogP contribution is -2.47. The third kappa shape index (κ3) is 4.55. The molecule has 0 fully saturated rings. The summed E-state index contributed by atoms with van der Waals surface area (Å²) in [5.74, 6) is -0.293. The highest BCUT2D eigenvalue weighted by Crippen LogP contribution is 2.18. The van der Waals surface area contributed by atoms with Gasteiger partial charge in [-0.1, -0.05) is 49.4 Å². The zero-order valence-electron chi connectivity index (χ0n) is 13.9. The Balaban J connectivity index is 2.00. The van der Waals surface area contributed by atoms with Gasteiger partial charge in [-0.25, -0.2) is 0 Å². The Morgan fingerprint density at radius 3 is 2.43 bits per heavy atom. The number of hydrogen-bond donors (Lipinski definition) is 2. The molecule has 2 atom stereocenters. The van der Waals surface area contributed by atoms with Crippen molar-refractivity contribution in [1.29, 1.82) is 0 Å². The summed E-state index contributed by atoms with van der Waals surface area (Å²) in [6, 6.07) is 13.5. The fourth-order valence-electron chi connectivity index (χ4n) is 2.45. The molecule has 2 rings (SSSR count). The van der Waals surface area contributed by atoms with Crippen molar-refractivity contribution in [3.05, 3.63) is 48.0 Å². The summed E-state index contributed by atoms with van der Waals surface area (Å²) >= 11 is 0. The van der Waals surface area contributed by atoms with Crippen molar-refractivity contribution in [3.8, 4) is 0 Å². The normalized spacial score (nSPS) is 13.3. The van der Waals surface area contributed by atoms with Crippen molar-refractivity contribution in [2.24, 2.45) is 0 Å². The van der Waals surface area contributed by atoms with E-state index >= 15 is 0 Å². The zero-order chi connectivity index (χ0) is 16.8. The number of rotatable bonds is 6. The molecule has 0 saturated heterocycles. The maximum Gasteiger partial charge on any atom is 0.242 e. The zero-order valence-corrected chi connectivity index (χ0v) is 13.9. The van der Waals surface area contributed by atoms with Gasteiger partial charge < -0.3 is 10.6 Å². The molecule has 0 bridgehead atoms. The molecule has 4 heteroatoms. The molecule has 0 aliphatic rings. The fraction of sp³-hybridized carbons (Fsp3) is 0.368. The quantitative estimate of drug-likeness (QED) is 0.861. The third-order valence-electron chi connectivity index (χ3n) is 4.00. The van der Waals surface area contributed by atoms with Gasteiger partial charge >= 0.3 is 0 Å². The first-order valence-electron chi connectivity index (χ1n) is 8.07. The van der Waals surface area contributed by atoms with Gasteiger partial charge in [-0.15, -0.1) is 0 Å². The van der Waals surface area contributed by atoms with Crippen LogP contribution < -0.4 is 10.6 Å². The van der Waals surface area contributed by atoms with E-state index in [-0.39, 0.29) is 24.3 Å². The summed E-state index contributed by atoms with van der Waals surface area (Å²) in [6.07, 6.45) is 1.13. The summed E-state index contributed by atoms with van der Waals surface area (Å²) < 4.78 is 0. The Kier molecular flexibility index (Phi) is 5.74. The molecule has 2 aromatic carbocycles. The Bertz CT molecular complexity index is 691. The molecule has 0 spiro atoms. The minimum atomic E-state index is -0.536. The van der Waals surface area contributed by atoms with E-state index in [0.717, 1.165) is 22.8 Å². The Morgan fingerprint density at radius 2 is 1.70 bits per heavy atom. The van der Waals surface area contributed by atoms with Crippen LogP contribution in [0.25, 0.3) is 10.8 Å². The van der Waals surface area contributed by atoms with E-state index in [1.807, 2.05) is 56.3 Å². The molecule has 0 aliphatic heterocycles. The predicted molar refractivity (Wildman–Crippen MR) is 93.2 cm³/mol. The number of amides is 2. The predicted octanol–water partition coefficient (Wildman–Crippen LogP) is 2.80. The standard InChI is InChI=1S/C19H24N2O2/c1-4-13(2)20-19(23)14(3)21-18(22)12-16-10-7-9-15-8-5-6-11-17(15)16/h5-11,13-14H,4,12H2,1-3H3,(H,20,23)(H,21,22)/t13-,14-/m1/s1. The lowest BCUT2D eigenvalue weighted by Gasteiger charge is -2.17. The third-order valence-corrected chi connectivity index (χ3v) is 4.00. The highest BCUT2D eigenvalue weighted by Gasteiger charge is 2.17. The molecule has 122 valence electrons. The number of nitrogens with one attached hydrogen (secondary N) is 2. The van der Waals surface area contributed by atoms with Crippen LogP contribution in [0.2, 0.25) is 0 Å². The van der Waals surface area contributed by atoms with Crippen LogP contribution in [0, 0.1) is 0 Å². The average molecular weight is 312 g/mol. The molecule has 2 amide bonds. The maximum absolute atomic E-state index is 12.2. The van der Waals surface area contributed by atoms with E-state index in [4.69, 9.17) is 0 Å². The molecule has 2 aromatic rings. The molecule has 0 aliphatic carbocycles. The van der Waals surface area contributed by atoms with Crippen molar-refractivity contribution in [1.82, 2.24) is 10.6 Å². The molecule has 4 nitrogen and oxygen atoms in total. The fourth-order valence-corrected chi connectivity index (χ4v) is 2.45. The lowest BCUT2D eigenvalue weighted by atomic mass is 10.0. The number of hydrogen-bond acceptors (Lipinski definition) is 2. The molecule has 0 aromatic heterocycles. The van der Waals surface area contributed by atoms with Gasteiger partial charge in [0.2, 0.25) is 11.8 Å². The first-order valence-corrected chi connectivity index (χ1v) is 8.07. The van der Waals surface area contributed by atoms with Gasteiger partial charge in [0.15, 0.2) is 0 Å². The number of benzene rings is 2. The number of carbonyl (C=O) groups is 2. The van der Waals surface area contributed by atoms with E-state index < -0.39 is 6.04 Å². The second-order valence-electron chi connectivity index (χ2n) is 5.92. The lowest BCUT2D eigenvalue weighted by molar-refractivity contribution is -0.128. The van der Waals surface area contributed by atoms with Gasteiger partial charge in [0, 0.05) is 6.04 Å². The largest absolute Gasteiger partial charge is 0.352 e. The number of fused-ring (bicyclic) bond motifs is 1. The van der Waals surface area contributed by atoms with Crippen LogP contribution >= 0.6 is 0 Å². The molecule has 0 unspecified atom stereocenters. The molecular formula is C19H24N2O2. The van der Waals surface area contributed by atoms with Gasteiger partial charge in [0.05, 0.1) is 6.42 Å². The van der Waals surface area contributed by atoms with Crippen molar-refractivity contribution in [2.75, 3.05) is 0 Å². The highest BCUT2D eigenvalue weighted by molar-refractivity contribution is 5.92. The molecule has 0 saturated carbocycles. The molecule has 23 heavy (non-hydrogen) atoms. The van der Waals surface area contributed by atoms with Crippen LogP contribution in [0.5, 0.6) is 0 Å². The summed E-state index contributed by atoms with van der Waals surface area (Å²) in [5.41, 5.74) is 0.968. The van der Waals surface area contributed by atoms with E-state index in [2.05, 4.69) is 10.6 Å². The second kappa shape index (κ2) is 7.77. The molecule has 0 heterocycles. The second-order valence-corrected chi connectivity index (χ2v) is 5.92. The Hall–Kier alpha value is -2.36. The highest BCUT2D eigenvalue weighted by atomic mass is 16.2. The van der Waals surface area contributed by atoms with Crippen molar-refractivity contribution >= 4 is 22.6 Å². The first-order chi connectivity index (χ1) is 11.0. The van der Waals surface area contributed by atoms with Crippen molar-refractivity contribution < 1.29 is 9.59 Å². The van der Waals surface area contributed by atoms with E-state index in [1.165, 1.54) is 0 Å². The van der Waals surface area contributed by atoms with Gasteiger partial charge in [-0.05, 0) is 36.6 Å². The van der Waals surface area contributed by atoms with Gasteiger partial charge in [0.1, 0.15) is 6.04 Å². The van der Waals surface area contributed by atoms with Crippen LogP contribution in [-0.4, -0.2) is 23.9 Å². The SMILES string of the molecule is CC[C@@H](C)NC(=O)[C@@H](C)NC(=O)Cc1cccc2ccccc12. The van der Waals surface area contributed by atoms with E-state index in [0.29, 0.717) is 0 Å². The Labute approximate surface area is 137 Å². The smallest absolute Gasteiger partial charge is 0.242 e. The molecular weight excluding hydrogens is 288 g/mol. The topological polar surface area (TPSA) is 58.2 Å². The summed E-state index contributed by atoms with van der Waals surface area (Å²) in [4.78, 5) is 24.2. The van der Waals surface area contributed by atoms with Crippen LogP contribution in [0.1, 0.15) is 32.8 Å². The minimum absolute atomic E-state index is 0.111. The average Bonchev–Trinajstić information content (AvgIpc) is 2.54. The molecule has 0 radical (unpaired) electrons. The Morgan fingerprint density at radius 1 is 1.00 bits per heavy atom. The van der Waals surface area contributed by atoms with Gasteiger partial charge in [0.25, 0.3) is 0 Å². The van der Waals surface area contributed by atoms with Gasteiger partial charge in [-0.3, -0.25) is 9.59 Å². The van der Waals surface area contributed by atoms with Crippen LogP contribution in [0.4, 0.5) is 0 Å². The summed E-state index contributed by atoms with van der Waals surface area (Å²) in [6.45, 7) is 5.66. The van der Waals surface area contributed by atoms with Crippen LogP contribution in [0.3, 0.4) is 0 Å². The minimum Gasteiger partial charge on any atom is -0.352 e. The monoisotopic (exact) mass is 312 g/mol. The number of carbonyl (C=O) groups excluding carboxylic acids is 2. The first kappa shape index (κ1) is 17.0. The van der Waals surface area contributed by atoms with Crippen molar-refractivity contribution in [3.63, 3.8) is 0 Å². The summed E-state index contributed by atoms with van der Waals surface area (Å²) in [7, 11) is 0. The molecule has 2 N–H and O–H groups in total. The van der Waals surface area contributed by atoms with Crippen LogP contribution in [-0.2, 0) is 16.0 Å². The van der Waals surface area contributed by atoms with E-state index in [9.17, 15) is 9.59 Å². The summed E-state index contributed by atoms with van der Waals surface area (Å²) in [5, 5.41) is 7.83. The van der Waals surface area contributed by atoms with E-state index in [1.54, 1.807) is 6.92 Å². The van der Waals surface area contributed by atoms with Gasteiger partial charge in [-0.2, -0.15) is 0 Å². The van der Waals surface area contributed by atoms with Crippen LogP contribution in [0.15, 0.2) is 42.5 Å². The maximum atomic E-state index is 12.2. The van der Waals surface area contributed by atoms with Crippen molar-refractivity contribution in [2.45, 2.75) is 45.7 Å².